The van der Waals surface area contributed by atoms with Crippen LogP contribution >= 0.6 is 11.3 Å². The first-order valence-corrected chi connectivity index (χ1v) is 7.98. The van der Waals surface area contributed by atoms with Crippen LogP contribution in [0.5, 0.6) is 0 Å². The van der Waals surface area contributed by atoms with Gasteiger partial charge in [0.05, 0.1) is 0 Å². The van der Waals surface area contributed by atoms with Crippen LogP contribution in [0.2, 0.25) is 0 Å². The van der Waals surface area contributed by atoms with E-state index in [1.54, 1.807) is 11.4 Å². The minimum Gasteiger partial charge on any atom is -0.356 e. The van der Waals surface area contributed by atoms with E-state index in [0.717, 1.165) is 26.1 Å². The third kappa shape index (κ3) is 4.94. The fraction of sp³-hybridized carbons (Fsp3) is 0.571. The minimum atomic E-state index is -0.115. The molecule has 1 fully saturated rings. The van der Waals surface area contributed by atoms with Crippen molar-refractivity contribution in [2.24, 2.45) is 5.92 Å². The first-order chi connectivity index (χ1) is 9.75. The highest BCUT2D eigenvalue weighted by Gasteiger charge is 2.14. The van der Waals surface area contributed by atoms with Crippen molar-refractivity contribution in [3.63, 3.8) is 0 Å². The largest absolute Gasteiger partial charge is 0.356 e. The molecule has 0 aromatic carbocycles. The van der Waals surface area contributed by atoms with Crippen molar-refractivity contribution < 1.29 is 9.59 Å². The Bertz CT molecular complexity index is 428. The maximum absolute atomic E-state index is 11.6. The maximum Gasteiger partial charge on any atom is 0.252 e. The van der Waals surface area contributed by atoms with Crippen molar-refractivity contribution in [1.29, 1.82) is 0 Å². The number of amides is 2. The van der Waals surface area contributed by atoms with Crippen LogP contribution in [0.1, 0.15) is 29.6 Å². The number of hydrogen-bond donors (Lipinski definition) is 3. The van der Waals surface area contributed by atoms with Gasteiger partial charge in [-0.2, -0.15) is 11.3 Å². The third-order valence-electron chi connectivity index (χ3n) is 3.46. The molecule has 1 aliphatic heterocycles. The van der Waals surface area contributed by atoms with E-state index in [0.29, 0.717) is 24.4 Å². The summed E-state index contributed by atoms with van der Waals surface area (Å²) in [5.74, 6) is 0.575. The molecule has 20 heavy (non-hydrogen) atoms. The van der Waals surface area contributed by atoms with E-state index in [1.165, 1.54) is 17.8 Å². The molecule has 1 aliphatic rings. The van der Waals surface area contributed by atoms with E-state index >= 15 is 0 Å². The fourth-order valence-corrected chi connectivity index (χ4v) is 2.89. The van der Waals surface area contributed by atoms with Gasteiger partial charge in [0, 0.05) is 30.5 Å². The zero-order valence-electron chi connectivity index (χ0n) is 11.5. The summed E-state index contributed by atoms with van der Waals surface area (Å²) in [7, 11) is 0. The van der Waals surface area contributed by atoms with Crippen molar-refractivity contribution in [2.75, 3.05) is 26.2 Å². The topological polar surface area (TPSA) is 70.2 Å². The molecule has 0 spiro atoms. The van der Waals surface area contributed by atoms with Crippen LogP contribution in [0.3, 0.4) is 0 Å². The Labute approximate surface area is 123 Å². The molecule has 1 aromatic heterocycles. The molecule has 1 atom stereocenters. The zero-order chi connectivity index (χ0) is 14.2. The molecular formula is C14H21N3O2S. The summed E-state index contributed by atoms with van der Waals surface area (Å²) < 4.78 is 0. The Morgan fingerprint density at radius 2 is 2.25 bits per heavy atom. The first kappa shape index (κ1) is 15.0. The monoisotopic (exact) mass is 295 g/mol. The zero-order valence-corrected chi connectivity index (χ0v) is 12.3. The van der Waals surface area contributed by atoms with Crippen molar-refractivity contribution in [3.05, 3.63) is 22.4 Å². The molecule has 0 aliphatic carbocycles. The van der Waals surface area contributed by atoms with Crippen LogP contribution in [-0.4, -0.2) is 38.0 Å². The second-order valence-corrected chi connectivity index (χ2v) is 5.80. The van der Waals surface area contributed by atoms with Gasteiger partial charge in [-0.25, -0.2) is 0 Å². The van der Waals surface area contributed by atoms with Crippen LogP contribution < -0.4 is 16.0 Å². The molecule has 0 saturated carbocycles. The van der Waals surface area contributed by atoms with Crippen LogP contribution in [-0.2, 0) is 4.79 Å². The summed E-state index contributed by atoms with van der Waals surface area (Å²) >= 11 is 1.49. The van der Waals surface area contributed by atoms with Gasteiger partial charge in [-0.3, -0.25) is 9.59 Å². The lowest BCUT2D eigenvalue weighted by atomic mass is 10.1. The van der Waals surface area contributed by atoms with Crippen molar-refractivity contribution in [2.45, 2.75) is 19.3 Å². The summed E-state index contributed by atoms with van der Waals surface area (Å²) in [6, 6.07) is 1.77. The van der Waals surface area contributed by atoms with Gasteiger partial charge in [-0.1, -0.05) is 0 Å². The molecule has 0 radical (unpaired) electrons. The van der Waals surface area contributed by atoms with Crippen LogP contribution in [0.4, 0.5) is 0 Å². The molecule has 1 aromatic rings. The van der Waals surface area contributed by atoms with Gasteiger partial charge >= 0.3 is 0 Å². The molecule has 2 amide bonds. The summed E-state index contributed by atoms with van der Waals surface area (Å²) in [6.07, 6.45) is 2.56. The molecule has 2 heterocycles. The lowest BCUT2D eigenvalue weighted by Crippen LogP contribution is -2.31. The molecule has 110 valence electrons. The van der Waals surface area contributed by atoms with E-state index in [2.05, 4.69) is 16.0 Å². The van der Waals surface area contributed by atoms with Crippen molar-refractivity contribution in [1.82, 2.24) is 16.0 Å². The van der Waals surface area contributed by atoms with Gasteiger partial charge in [0.15, 0.2) is 0 Å². The Hall–Kier alpha value is -1.40. The van der Waals surface area contributed by atoms with Gasteiger partial charge in [0.1, 0.15) is 0 Å². The minimum absolute atomic E-state index is 0.00146. The van der Waals surface area contributed by atoms with Gasteiger partial charge in [-0.15, -0.1) is 0 Å². The average molecular weight is 295 g/mol. The second-order valence-electron chi connectivity index (χ2n) is 5.02. The van der Waals surface area contributed by atoms with Gasteiger partial charge in [0.2, 0.25) is 5.91 Å². The lowest BCUT2D eigenvalue weighted by molar-refractivity contribution is -0.120. The number of carbonyl (C=O) groups excluding carboxylic acids is 2. The Morgan fingerprint density at radius 3 is 2.95 bits per heavy atom. The van der Waals surface area contributed by atoms with E-state index in [-0.39, 0.29) is 11.8 Å². The second kappa shape index (κ2) is 8.01. The highest BCUT2D eigenvalue weighted by atomic mass is 32.1. The van der Waals surface area contributed by atoms with Crippen LogP contribution in [0, 0.1) is 5.92 Å². The smallest absolute Gasteiger partial charge is 0.252 e. The molecule has 5 nitrogen and oxygen atoms in total. The van der Waals surface area contributed by atoms with Crippen molar-refractivity contribution in [3.8, 4) is 0 Å². The normalized spacial score (nSPS) is 17.9. The standard InChI is InChI=1S/C14H21N3O2S/c18-13(16-6-2-11-1-5-15-9-11)3-7-17-14(19)12-4-8-20-10-12/h4,8,10-11,15H,1-3,5-7,9H2,(H,16,18)(H,17,19). The highest BCUT2D eigenvalue weighted by Crippen LogP contribution is 2.10. The quantitative estimate of drug-likeness (QED) is 0.702. The highest BCUT2D eigenvalue weighted by molar-refractivity contribution is 7.08. The maximum atomic E-state index is 11.6. The van der Waals surface area contributed by atoms with Gasteiger partial charge < -0.3 is 16.0 Å². The van der Waals surface area contributed by atoms with Crippen LogP contribution in [0.25, 0.3) is 0 Å². The van der Waals surface area contributed by atoms with Crippen LogP contribution in [0.15, 0.2) is 16.8 Å². The van der Waals surface area contributed by atoms with Gasteiger partial charge in [-0.05, 0) is 43.3 Å². The molecule has 1 saturated heterocycles. The summed E-state index contributed by atoms with van der Waals surface area (Å²) in [4.78, 5) is 23.2. The predicted octanol–water partition coefficient (Wildman–Crippen LogP) is 0.984. The van der Waals surface area contributed by atoms with E-state index in [9.17, 15) is 9.59 Å². The van der Waals surface area contributed by atoms with Crippen molar-refractivity contribution >= 4 is 23.2 Å². The van der Waals surface area contributed by atoms with E-state index in [4.69, 9.17) is 0 Å². The predicted molar refractivity (Wildman–Crippen MR) is 79.9 cm³/mol. The molecule has 3 N–H and O–H groups in total. The van der Waals surface area contributed by atoms with Gasteiger partial charge in [0.25, 0.3) is 5.91 Å². The Morgan fingerprint density at radius 1 is 1.35 bits per heavy atom. The molecular weight excluding hydrogens is 274 g/mol. The average Bonchev–Trinajstić information content (AvgIpc) is 3.12. The Kier molecular flexibility index (Phi) is 6.01. The number of nitrogens with one attached hydrogen (secondary N) is 3. The first-order valence-electron chi connectivity index (χ1n) is 7.03. The number of carbonyl (C=O) groups is 2. The third-order valence-corrected chi connectivity index (χ3v) is 4.14. The summed E-state index contributed by atoms with van der Waals surface area (Å²) in [6.45, 7) is 3.26. The van der Waals surface area contributed by atoms with E-state index in [1.807, 2.05) is 5.38 Å². The molecule has 2 rings (SSSR count). The number of rotatable bonds is 7. The molecule has 1 unspecified atom stereocenters. The fourth-order valence-electron chi connectivity index (χ4n) is 2.25. The van der Waals surface area contributed by atoms with E-state index < -0.39 is 0 Å². The summed E-state index contributed by atoms with van der Waals surface area (Å²) in [5.41, 5.74) is 0.657. The SMILES string of the molecule is O=C(CCNC(=O)c1ccsc1)NCCC1CCNC1. The Balaban J connectivity index is 1.52. The number of thiophene rings is 1. The summed E-state index contributed by atoms with van der Waals surface area (Å²) in [5, 5.41) is 12.6. The molecule has 0 bridgehead atoms. The molecule has 6 heteroatoms. The number of hydrogen-bond acceptors (Lipinski definition) is 4. The lowest BCUT2D eigenvalue weighted by Gasteiger charge is -2.09.